The van der Waals surface area contributed by atoms with Crippen molar-refractivity contribution in [2.24, 2.45) is 11.5 Å². The lowest BCUT2D eigenvalue weighted by molar-refractivity contribution is 0.389. The van der Waals surface area contributed by atoms with Gasteiger partial charge in [-0.05, 0) is 102 Å². The van der Waals surface area contributed by atoms with E-state index < -0.39 is 0 Å². The second-order valence-corrected chi connectivity index (χ2v) is 10.9. The van der Waals surface area contributed by atoms with E-state index in [-0.39, 0.29) is 0 Å². The topological polar surface area (TPSA) is 52.0 Å². The summed E-state index contributed by atoms with van der Waals surface area (Å²) in [6.45, 7) is 1.09. The molecule has 2 nitrogen and oxygen atoms in total. The fraction of sp³-hybridized carbons (Fsp3) is 0.222. The predicted molar refractivity (Wildman–Crippen MR) is 163 cm³/mol. The number of rotatable bonds is 4. The average Bonchev–Trinajstić information content (AvgIpc) is 2.98. The normalized spacial score (nSPS) is 18.1. The molecule has 38 heavy (non-hydrogen) atoms. The fourth-order valence-electron chi connectivity index (χ4n) is 7.43. The zero-order valence-electron chi connectivity index (χ0n) is 21.8. The Morgan fingerprint density at radius 3 is 1.37 bits per heavy atom. The van der Waals surface area contributed by atoms with Crippen molar-refractivity contribution in [3.05, 3.63) is 119 Å². The van der Waals surface area contributed by atoms with Gasteiger partial charge in [0.1, 0.15) is 0 Å². The van der Waals surface area contributed by atoms with E-state index in [0.29, 0.717) is 24.9 Å². The average molecular weight is 495 g/mol. The maximum absolute atomic E-state index is 6.48. The zero-order chi connectivity index (χ0) is 25.6. The Hall–Kier alpha value is -3.72. The van der Waals surface area contributed by atoms with Gasteiger partial charge in [0.15, 0.2) is 0 Å². The van der Waals surface area contributed by atoms with Gasteiger partial charge in [0.05, 0.1) is 0 Å². The van der Waals surface area contributed by atoms with Crippen molar-refractivity contribution in [3.8, 4) is 0 Å². The first-order chi connectivity index (χ1) is 18.8. The van der Waals surface area contributed by atoms with Crippen LogP contribution in [0.5, 0.6) is 0 Å². The van der Waals surface area contributed by atoms with E-state index in [2.05, 4.69) is 97.1 Å². The summed E-state index contributed by atoms with van der Waals surface area (Å²) in [6.07, 6.45) is 4.92. The van der Waals surface area contributed by atoms with Gasteiger partial charge in [-0.25, -0.2) is 0 Å². The van der Waals surface area contributed by atoms with Crippen molar-refractivity contribution < 1.29 is 0 Å². The third kappa shape index (κ3) is 3.63. The number of hydrogen-bond donors (Lipinski definition) is 2. The van der Waals surface area contributed by atoms with Crippen LogP contribution < -0.4 is 11.5 Å². The Morgan fingerprint density at radius 1 is 0.500 bits per heavy atom. The molecule has 2 heteroatoms. The predicted octanol–water partition coefficient (Wildman–Crippen LogP) is 8.66. The molecule has 1 fully saturated rings. The van der Waals surface area contributed by atoms with E-state index in [9.17, 15) is 0 Å². The molecule has 1 aliphatic rings. The van der Waals surface area contributed by atoms with Crippen molar-refractivity contribution in [2.45, 2.75) is 50.6 Å². The molecule has 0 heterocycles. The summed E-state index contributed by atoms with van der Waals surface area (Å²) in [6, 6.07) is 35.9. The van der Waals surface area contributed by atoms with E-state index in [1.807, 2.05) is 0 Å². The molecule has 1 aliphatic carbocycles. The van der Waals surface area contributed by atoms with Crippen LogP contribution in [-0.4, -0.2) is 0 Å². The molecule has 0 spiro atoms. The molecule has 0 unspecified atom stereocenters. The summed E-state index contributed by atoms with van der Waals surface area (Å²) in [7, 11) is 0. The van der Waals surface area contributed by atoms with Gasteiger partial charge >= 0.3 is 0 Å². The summed E-state index contributed by atoms with van der Waals surface area (Å²) in [5.41, 5.74) is 18.4. The van der Waals surface area contributed by atoms with Gasteiger partial charge in [0.2, 0.25) is 0 Å². The lowest BCUT2D eigenvalue weighted by atomic mass is 9.69. The highest BCUT2D eigenvalue weighted by Crippen LogP contribution is 2.49. The van der Waals surface area contributed by atoms with Crippen molar-refractivity contribution in [3.63, 3.8) is 0 Å². The van der Waals surface area contributed by atoms with Gasteiger partial charge in [0, 0.05) is 13.1 Å². The van der Waals surface area contributed by atoms with Crippen LogP contribution in [0.4, 0.5) is 0 Å². The molecule has 7 rings (SSSR count). The van der Waals surface area contributed by atoms with Crippen LogP contribution in [0.25, 0.3) is 43.1 Å². The highest BCUT2D eigenvalue weighted by molar-refractivity contribution is 6.05. The van der Waals surface area contributed by atoms with E-state index >= 15 is 0 Å². The van der Waals surface area contributed by atoms with Crippen LogP contribution in [0.2, 0.25) is 0 Å². The summed E-state index contributed by atoms with van der Waals surface area (Å²) < 4.78 is 0. The maximum Gasteiger partial charge on any atom is 0.0190 e. The smallest absolute Gasteiger partial charge is 0.0190 e. The first kappa shape index (κ1) is 23.4. The van der Waals surface area contributed by atoms with Crippen LogP contribution in [0.1, 0.15) is 59.8 Å². The molecule has 0 saturated heterocycles. The van der Waals surface area contributed by atoms with Gasteiger partial charge in [-0.3, -0.25) is 0 Å². The fourth-order valence-corrected chi connectivity index (χ4v) is 7.43. The van der Waals surface area contributed by atoms with Crippen molar-refractivity contribution in [1.29, 1.82) is 0 Å². The summed E-state index contributed by atoms with van der Waals surface area (Å²) in [5, 5.41) is 10.5. The Morgan fingerprint density at radius 2 is 0.921 bits per heavy atom. The zero-order valence-corrected chi connectivity index (χ0v) is 21.8. The second-order valence-electron chi connectivity index (χ2n) is 10.9. The first-order valence-corrected chi connectivity index (χ1v) is 14.0. The molecule has 2 atom stereocenters. The number of nitrogens with two attached hydrogens (primary N) is 2. The molecule has 0 amide bonds. The minimum atomic E-state index is 0.446. The highest BCUT2D eigenvalue weighted by Gasteiger charge is 2.31. The molecular formula is C36H34N2. The Kier molecular flexibility index (Phi) is 5.88. The van der Waals surface area contributed by atoms with Gasteiger partial charge in [-0.15, -0.1) is 0 Å². The SMILES string of the molecule is NCc1c2ccccc2cc2cccc([C@H]3CCCC[C@@H]3c3cccc4cc5ccccc5c(CN)c34)c12. The number of fused-ring (bicyclic) bond motifs is 4. The molecule has 0 aliphatic heterocycles. The van der Waals surface area contributed by atoms with Crippen LogP contribution in [0, 0.1) is 0 Å². The monoisotopic (exact) mass is 494 g/mol. The Balaban J connectivity index is 1.48. The molecule has 4 N–H and O–H groups in total. The van der Waals surface area contributed by atoms with Crippen LogP contribution >= 0.6 is 0 Å². The van der Waals surface area contributed by atoms with Gasteiger partial charge in [-0.1, -0.05) is 97.8 Å². The minimum Gasteiger partial charge on any atom is -0.326 e. The number of hydrogen-bond acceptors (Lipinski definition) is 2. The highest BCUT2D eigenvalue weighted by atomic mass is 14.5. The Labute approximate surface area is 224 Å². The molecule has 6 aromatic carbocycles. The van der Waals surface area contributed by atoms with E-state index in [0.717, 1.165) is 0 Å². The molecule has 188 valence electrons. The van der Waals surface area contributed by atoms with Crippen LogP contribution in [0.3, 0.4) is 0 Å². The lowest BCUT2D eigenvalue weighted by Gasteiger charge is -2.35. The van der Waals surface area contributed by atoms with Gasteiger partial charge in [-0.2, -0.15) is 0 Å². The van der Waals surface area contributed by atoms with E-state index in [4.69, 9.17) is 11.5 Å². The third-order valence-electron chi connectivity index (χ3n) is 9.03. The van der Waals surface area contributed by atoms with Crippen molar-refractivity contribution in [1.82, 2.24) is 0 Å². The second kappa shape index (κ2) is 9.54. The first-order valence-electron chi connectivity index (χ1n) is 14.0. The molecule has 0 aromatic heterocycles. The maximum atomic E-state index is 6.48. The largest absolute Gasteiger partial charge is 0.326 e. The molecule has 1 saturated carbocycles. The summed E-state index contributed by atoms with van der Waals surface area (Å²) >= 11 is 0. The molecular weight excluding hydrogens is 460 g/mol. The third-order valence-corrected chi connectivity index (χ3v) is 9.03. The lowest BCUT2D eigenvalue weighted by Crippen LogP contribution is -2.18. The van der Waals surface area contributed by atoms with Crippen LogP contribution in [0.15, 0.2) is 97.1 Å². The minimum absolute atomic E-state index is 0.446. The molecule has 0 radical (unpaired) electrons. The quantitative estimate of drug-likeness (QED) is 0.241. The summed E-state index contributed by atoms with van der Waals surface area (Å²) in [4.78, 5) is 0. The van der Waals surface area contributed by atoms with Crippen molar-refractivity contribution >= 4 is 43.1 Å². The van der Waals surface area contributed by atoms with E-state index in [1.165, 1.54) is 91.0 Å². The summed E-state index contributed by atoms with van der Waals surface area (Å²) in [5.74, 6) is 0.892. The standard InChI is InChI=1S/C36H34N2/c37-21-33-27-13-3-1-9-23(27)19-25-11-7-17-31(35(25)33)29-15-5-6-16-30(29)32-18-8-12-26-20-24-10-2-4-14-28(24)34(22-38)36(26)32/h1-4,7-14,17-20,29-30H,5-6,15-16,21-22,37-38H2/t29-,30-/m0/s1. The van der Waals surface area contributed by atoms with Crippen LogP contribution in [-0.2, 0) is 13.1 Å². The van der Waals surface area contributed by atoms with Gasteiger partial charge in [0.25, 0.3) is 0 Å². The molecule has 6 aromatic rings. The molecule has 0 bridgehead atoms. The van der Waals surface area contributed by atoms with Gasteiger partial charge < -0.3 is 11.5 Å². The van der Waals surface area contributed by atoms with E-state index in [1.54, 1.807) is 0 Å². The Bertz CT molecular complexity index is 1680. The van der Waals surface area contributed by atoms with Crippen molar-refractivity contribution in [2.75, 3.05) is 0 Å². The number of benzene rings is 6.